The highest BCUT2D eigenvalue weighted by atomic mass is 35.5. The Hall–Kier alpha value is -2.17. The first-order valence-electron chi connectivity index (χ1n) is 7.67. The van der Waals surface area contributed by atoms with Gasteiger partial charge in [-0.1, -0.05) is 30.3 Å². The molecular formula is C18H16ClN3O. The predicted molar refractivity (Wildman–Crippen MR) is 93.0 cm³/mol. The van der Waals surface area contributed by atoms with E-state index < -0.39 is 0 Å². The van der Waals surface area contributed by atoms with Crippen LogP contribution in [-0.4, -0.2) is 36.3 Å². The van der Waals surface area contributed by atoms with Gasteiger partial charge in [0.25, 0.3) is 0 Å². The lowest BCUT2D eigenvalue weighted by Crippen LogP contribution is -2.36. The predicted octanol–water partition coefficient (Wildman–Crippen LogP) is 3.79. The third-order valence-corrected chi connectivity index (χ3v) is 4.26. The molecule has 1 fully saturated rings. The van der Waals surface area contributed by atoms with Gasteiger partial charge in [-0.2, -0.15) is 0 Å². The van der Waals surface area contributed by atoms with Crippen LogP contribution in [0.15, 0.2) is 48.5 Å². The number of halogens is 1. The minimum Gasteiger partial charge on any atom is -0.378 e. The Morgan fingerprint density at radius 2 is 1.65 bits per heavy atom. The van der Waals surface area contributed by atoms with E-state index in [-0.39, 0.29) is 5.28 Å². The standard InChI is InChI=1S/C18H16ClN3O/c19-18-20-16-4-2-1-3-15(16)17(21-18)13-5-7-14(8-6-13)22-9-11-23-12-10-22/h1-8H,9-12H2. The molecule has 0 atom stereocenters. The number of hydrogen-bond donors (Lipinski definition) is 0. The van der Waals surface area contributed by atoms with Crippen molar-refractivity contribution >= 4 is 28.2 Å². The van der Waals surface area contributed by atoms with Crippen LogP contribution in [0.2, 0.25) is 5.28 Å². The number of morpholine rings is 1. The lowest BCUT2D eigenvalue weighted by atomic mass is 10.1. The molecule has 5 heteroatoms. The summed E-state index contributed by atoms with van der Waals surface area (Å²) in [6, 6.07) is 16.4. The minimum atomic E-state index is 0.274. The van der Waals surface area contributed by atoms with Crippen molar-refractivity contribution < 1.29 is 4.74 Å². The molecule has 2 heterocycles. The summed E-state index contributed by atoms with van der Waals surface area (Å²) in [4.78, 5) is 11.1. The van der Waals surface area contributed by atoms with Crippen LogP contribution in [0.5, 0.6) is 0 Å². The maximum atomic E-state index is 6.08. The fourth-order valence-electron chi connectivity index (χ4n) is 2.92. The zero-order valence-electron chi connectivity index (χ0n) is 12.6. The van der Waals surface area contributed by atoms with Gasteiger partial charge in [0.1, 0.15) is 0 Å². The second-order valence-corrected chi connectivity index (χ2v) is 5.84. The van der Waals surface area contributed by atoms with Crippen LogP contribution in [0, 0.1) is 0 Å². The van der Waals surface area contributed by atoms with E-state index in [1.807, 2.05) is 24.3 Å². The van der Waals surface area contributed by atoms with Gasteiger partial charge >= 0.3 is 0 Å². The summed E-state index contributed by atoms with van der Waals surface area (Å²) in [5, 5.41) is 1.28. The van der Waals surface area contributed by atoms with Crippen molar-refractivity contribution in [1.82, 2.24) is 9.97 Å². The van der Waals surface area contributed by atoms with Gasteiger partial charge in [0.15, 0.2) is 0 Å². The molecule has 0 unspecified atom stereocenters. The Balaban J connectivity index is 1.73. The fourth-order valence-corrected chi connectivity index (χ4v) is 3.10. The molecule has 1 aromatic heterocycles. The Labute approximate surface area is 139 Å². The molecule has 0 aliphatic carbocycles. The molecule has 0 bridgehead atoms. The van der Waals surface area contributed by atoms with E-state index in [0.717, 1.165) is 48.5 Å². The van der Waals surface area contributed by atoms with Crippen molar-refractivity contribution in [3.05, 3.63) is 53.8 Å². The van der Waals surface area contributed by atoms with Crippen LogP contribution in [0.3, 0.4) is 0 Å². The summed E-state index contributed by atoms with van der Waals surface area (Å²) in [6.07, 6.45) is 0. The SMILES string of the molecule is Clc1nc(-c2ccc(N3CCOCC3)cc2)c2ccccc2n1. The highest BCUT2D eigenvalue weighted by Gasteiger charge is 2.12. The Morgan fingerprint density at radius 3 is 2.43 bits per heavy atom. The molecule has 3 aromatic rings. The molecule has 4 rings (SSSR count). The van der Waals surface area contributed by atoms with Crippen molar-refractivity contribution in [3.63, 3.8) is 0 Å². The average Bonchev–Trinajstić information content (AvgIpc) is 2.62. The topological polar surface area (TPSA) is 38.2 Å². The van der Waals surface area contributed by atoms with Crippen LogP contribution in [0.25, 0.3) is 22.2 Å². The van der Waals surface area contributed by atoms with Crippen molar-refractivity contribution in [2.45, 2.75) is 0 Å². The van der Waals surface area contributed by atoms with Crippen LogP contribution in [0.1, 0.15) is 0 Å². The molecule has 0 radical (unpaired) electrons. The van der Waals surface area contributed by atoms with E-state index in [1.165, 1.54) is 5.69 Å². The number of hydrogen-bond acceptors (Lipinski definition) is 4. The molecular weight excluding hydrogens is 310 g/mol. The maximum Gasteiger partial charge on any atom is 0.223 e. The first kappa shape index (κ1) is 14.4. The van der Waals surface area contributed by atoms with Crippen LogP contribution < -0.4 is 4.90 Å². The summed E-state index contributed by atoms with van der Waals surface area (Å²) < 4.78 is 5.40. The summed E-state index contributed by atoms with van der Waals surface area (Å²) in [5.74, 6) is 0. The molecule has 116 valence electrons. The van der Waals surface area contributed by atoms with Gasteiger partial charge < -0.3 is 9.64 Å². The summed E-state index contributed by atoms with van der Waals surface area (Å²) in [6.45, 7) is 3.44. The molecule has 2 aromatic carbocycles. The van der Waals surface area contributed by atoms with E-state index in [0.29, 0.717) is 0 Å². The van der Waals surface area contributed by atoms with Gasteiger partial charge in [-0.25, -0.2) is 9.97 Å². The van der Waals surface area contributed by atoms with Gasteiger partial charge in [-0.05, 0) is 29.8 Å². The van der Waals surface area contributed by atoms with Crippen molar-refractivity contribution in [2.75, 3.05) is 31.2 Å². The number of anilines is 1. The molecule has 23 heavy (non-hydrogen) atoms. The molecule has 0 N–H and O–H groups in total. The minimum absolute atomic E-state index is 0.274. The summed E-state index contributed by atoms with van der Waals surface area (Å²) >= 11 is 6.08. The third kappa shape index (κ3) is 2.87. The van der Waals surface area contributed by atoms with Crippen LogP contribution in [0.4, 0.5) is 5.69 Å². The number of benzene rings is 2. The van der Waals surface area contributed by atoms with E-state index >= 15 is 0 Å². The number of fused-ring (bicyclic) bond motifs is 1. The fraction of sp³-hybridized carbons (Fsp3) is 0.222. The molecule has 0 spiro atoms. The zero-order chi connectivity index (χ0) is 15.6. The van der Waals surface area contributed by atoms with Gasteiger partial charge in [0, 0.05) is 29.7 Å². The monoisotopic (exact) mass is 325 g/mol. The number of ether oxygens (including phenoxy) is 1. The van der Waals surface area contributed by atoms with E-state index in [9.17, 15) is 0 Å². The highest BCUT2D eigenvalue weighted by molar-refractivity contribution is 6.28. The highest BCUT2D eigenvalue weighted by Crippen LogP contribution is 2.29. The first-order valence-corrected chi connectivity index (χ1v) is 8.04. The van der Waals surface area contributed by atoms with E-state index in [2.05, 4.69) is 39.1 Å². The maximum absolute atomic E-state index is 6.08. The normalized spacial score (nSPS) is 15.1. The van der Waals surface area contributed by atoms with Gasteiger partial charge in [0.2, 0.25) is 5.28 Å². The summed E-state index contributed by atoms with van der Waals surface area (Å²) in [7, 11) is 0. The first-order chi connectivity index (χ1) is 11.3. The van der Waals surface area contributed by atoms with Crippen LogP contribution in [-0.2, 0) is 4.74 Å². The van der Waals surface area contributed by atoms with Crippen molar-refractivity contribution in [3.8, 4) is 11.3 Å². The third-order valence-electron chi connectivity index (χ3n) is 4.09. The summed E-state index contributed by atoms with van der Waals surface area (Å²) in [5.41, 5.74) is 3.98. The molecule has 0 saturated carbocycles. The second kappa shape index (κ2) is 6.14. The molecule has 1 saturated heterocycles. The number of para-hydroxylation sites is 1. The van der Waals surface area contributed by atoms with Crippen molar-refractivity contribution in [2.24, 2.45) is 0 Å². The second-order valence-electron chi connectivity index (χ2n) is 5.50. The number of rotatable bonds is 2. The zero-order valence-corrected chi connectivity index (χ0v) is 13.3. The Morgan fingerprint density at radius 1 is 0.913 bits per heavy atom. The van der Waals surface area contributed by atoms with Gasteiger partial charge in [-0.15, -0.1) is 0 Å². The Kier molecular flexibility index (Phi) is 3.85. The van der Waals surface area contributed by atoms with Gasteiger partial charge in [-0.3, -0.25) is 0 Å². The smallest absolute Gasteiger partial charge is 0.223 e. The Bertz CT molecular complexity index is 829. The quantitative estimate of drug-likeness (QED) is 0.672. The van der Waals surface area contributed by atoms with E-state index in [1.54, 1.807) is 0 Å². The average molecular weight is 326 g/mol. The lowest BCUT2D eigenvalue weighted by Gasteiger charge is -2.28. The van der Waals surface area contributed by atoms with Crippen molar-refractivity contribution in [1.29, 1.82) is 0 Å². The van der Waals surface area contributed by atoms with Crippen LogP contribution >= 0.6 is 11.6 Å². The number of nitrogens with zero attached hydrogens (tertiary/aromatic N) is 3. The molecule has 1 aliphatic heterocycles. The largest absolute Gasteiger partial charge is 0.378 e. The molecule has 0 amide bonds. The molecule has 4 nitrogen and oxygen atoms in total. The lowest BCUT2D eigenvalue weighted by molar-refractivity contribution is 0.122. The molecule has 1 aliphatic rings. The number of aromatic nitrogens is 2. The van der Waals surface area contributed by atoms with Gasteiger partial charge in [0.05, 0.1) is 24.4 Å². The van der Waals surface area contributed by atoms with E-state index in [4.69, 9.17) is 16.3 Å².